The Morgan fingerprint density at radius 2 is 2.00 bits per heavy atom. The van der Waals surface area contributed by atoms with Crippen molar-refractivity contribution in [2.24, 2.45) is 11.7 Å². The summed E-state index contributed by atoms with van der Waals surface area (Å²) < 4.78 is 31.5. The Bertz CT molecular complexity index is 674. The molecule has 8 heteroatoms. The van der Waals surface area contributed by atoms with Crippen LogP contribution in [-0.4, -0.2) is 53.0 Å². The molecule has 3 N–H and O–H groups in total. The quantitative estimate of drug-likeness (QED) is 0.724. The van der Waals surface area contributed by atoms with Crippen molar-refractivity contribution in [3.8, 4) is 5.75 Å². The maximum Gasteiger partial charge on any atom is 0.253 e. The van der Waals surface area contributed by atoms with Crippen molar-refractivity contribution in [2.75, 3.05) is 27.7 Å². The van der Waals surface area contributed by atoms with Gasteiger partial charge in [0.1, 0.15) is 10.6 Å². The average Bonchev–Trinajstić information content (AvgIpc) is 2.57. The lowest BCUT2D eigenvalue weighted by Gasteiger charge is -2.22. The Kier molecular flexibility index (Phi) is 7.19. The highest BCUT2D eigenvalue weighted by molar-refractivity contribution is 7.89. The van der Waals surface area contributed by atoms with Crippen molar-refractivity contribution >= 4 is 15.9 Å². The smallest absolute Gasteiger partial charge is 0.253 e. The van der Waals surface area contributed by atoms with Gasteiger partial charge in [0.25, 0.3) is 5.91 Å². The molecule has 0 aliphatic heterocycles. The molecule has 1 unspecified atom stereocenters. The summed E-state index contributed by atoms with van der Waals surface area (Å²) >= 11 is 0. The maximum absolute atomic E-state index is 12.5. The Hall–Kier alpha value is -1.64. The fraction of sp³-hybridized carbons (Fsp3) is 0.562. The number of methoxy groups -OCH3 is 1. The Labute approximate surface area is 144 Å². The number of nitrogens with one attached hydrogen (secondary N) is 1. The van der Waals surface area contributed by atoms with Gasteiger partial charge < -0.3 is 15.4 Å². The summed E-state index contributed by atoms with van der Waals surface area (Å²) in [5, 5.41) is 0. The highest BCUT2D eigenvalue weighted by Crippen LogP contribution is 2.25. The van der Waals surface area contributed by atoms with Crippen molar-refractivity contribution in [3.05, 3.63) is 23.8 Å². The second-order valence-electron chi connectivity index (χ2n) is 6.00. The molecular formula is C16H27N3O4S. The Morgan fingerprint density at radius 3 is 2.50 bits per heavy atom. The molecule has 1 aromatic rings. The molecule has 24 heavy (non-hydrogen) atoms. The zero-order valence-corrected chi connectivity index (χ0v) is 15.7. The van der Waals surface area contributed by atoms with Crippen LogP contribution in [0.15, 0.2) is 23.1 Å². The van der Waals surface area contributed by atoms with Crippen LogP contribution < -0.4 is 15.2 Å². The molecule has 0 heterocycles. The highest BCUT2D eigenvalue weighted by Gasteiger charge is 2.21. The molecule has 0 spiro atoms. The molecule has 7 nitrogen and oxygen atoms in total. The Morgan fingerprint density at radius 1 is 1.38 bits per heavy atom. The first-order valence-corrected chi connectivity index (χ1v) is 9.25. The summed E-state index contributed by atoms with van der Waals surface area (Å²) in [5.74, 6) is 0.258. The minimum atomic E-state index is -3.73. The number of rotatable bonds is 8. The van der Waals surface area contributed by atoms with Gasteiger partial charge in [0.05, 0.1) is 7.11 Å². The minimum absolute atomic E-state index is 0.0105. The van der Waals surface area contributed by atoms with Gasteiger partial charge in [0, 0.05) is 25.2 Å². The summed E-state index contributed by atoms with van der Waals surface area (Å²) in [6.07, 6.45) is 0.678. The van der Waals surface area contributed by atoms with Gasteiger partial charge in [-0.2, -0.15) is 0 Å². The fourth-order valence-corrected chi connectivity index (χ4v) is 3.05. The van der Waals surface area contributed by atoms with Crippen LogP contribution in [-0.2, 0) is 10.0 Å². The number of sulfonamides is 1. The van der Waals surface area contributed by atoms with E-state index in [2.05, 4.69) is 4.72 Å². The van der Waals surface area contributed by atoms with Gasteiger partial charge in [-0.15, -0.1) is 0 Å². The molecule has 1 rings (SSSR count). The second-order valence-corrected chi connectivity index (χ2v) is 7.85. The third-order valence-electron chi connectivity index (χ3n) is 3.97. The monoisotopic (exact) mass is 357 g/mol. The summed E-state index contributed by atoms with van der Waals surface area (Å²) in [6, 6.07) is 4.36. The van der Waals surface area contributed by atoms with Gasteiger partial charge in [0.15, 0.2) is 0 Å². The van der Waals surface area contributed by atoms with E-state index in [4.69, 9.17) is 10.5 Å². The molecule has 0 radical (unpaired) electrons. The third-order valence-corrected chi connectivity index (χ3v) is 5.41. The lowest BCUT2D eigenvalue weighted by atomic mass is 10.0. The van der Waals surface area contributed by atoms with Crippen molar-refractivity contribution in [1.82, 2.24) is 9.62 Å². The van der Waals surface area contributed by atoms with E-state index in [1.54, 1.807) is 18.0 Å². The SMILES string of the molecule is CNS(=O)(=O)c1cc(C(=O)N(C)CCC(N)C(C)C)ccc1OC. The first kappa shape index (κ1) is 20.4. The van der Waals surface area contributed by atoms with Gasteiger partial charge >= 0.3 is 0 Å². The number of benzene rings is 1. The minimum Gasteiger partial charge on any atom is -0.495 e. The topological polar surface area (TPSA) is 102 Å². The lowest BCUT2D eigenvalue weighted by Crippen LogP contribution is -2.34. The summed E-state index contributed by atoms with van der Waals surface area (Å²) in [5.41, 5.74) is 6.28. The number of carbonyl (C=O) groups is 1. The van der Waals surface area contributed by atoms with Crippen molar-refractivity contribution in [2.45, 2.75) is 31.2 Å². The predicted molar refractivity (Wildman–Crippen MR) is 93.6 cm³/mol. The van der Waals surface area contributed by atoms with E-state index in [1.165, 1.54) is 26.3 Å². The first-order chi connectivity index (χ1) is 11.1. The number of hydrogen-bond donors (Lipinski definition) is 2. The van der Waals surface area contributed by atoms with Gasteiger partial charge in [-0.25, -0.2) is 13.1 Å². The molecule has 1 aromatic carbocycles. The van der Waals surface area contributed by atoms with E-state index in [-0.39, 0.29) is 28.2 Å². The van der Waals surface area contributed by atoms with Crippen LogP contribution in [0.5, 0.6) is 5.75 Å². The van der Waals surface area contributed by atoms with E-state index >= 15 is 0 Å². The lowest BCUT2D eigenvalue weighted by molar-refractivity contribution is 0.0789. The van der Waals surface area contributed by atoms with Crippen LogP contribution >= 0.6 is 0 Å². The molecule has 0 saturated carbocycles. The van der Waals surface area contributed by atoms with Gasteiger partial charge in [0.2, 0.25) is 10.0 Å². The average molecular weight is 357 g/mol. The van der Waals surface area contributed by atoms with Crippen LogP contribution in [0.2, 0.25) is 0 Å². The van der Waals surface area contributed by atoms with Gasteiger partial charge in [-0.1, -0.05) is 13.8 Å². The van der Waals surface area contributed by atoms with Gasteiger partial charge in [-0.05, 0) is 37.6 Å². The maximum atomic E-state index is 12.5. The van der Waals surface area contributed by atoms with Gasteiger partial charge in [-0.3, -0.25) is 4.79 Å². The van der Waals surface area contributed by atoms with E-state index in [0.717, 1.165) is 0 Å². The Balaban J connectivity index is 3.01. The van der Waals surface area contributed by atoms with Crippen LogP contribution in [0.1, 0.15) is 30.6 Å². The number of ether oxygens (including phenoxy) is 1. The number of hydrogen-bond acceptors (Lipinski definition) is 5. The molecule has 0 aromatic heterocycles. The zero-order chi connectivity index (χ0) is 18.5. The molecule has 1 amide bonds. The van der Waals surface area contributed by atoms with Crippen LogP contribution in [0.25, 0.3) is 0 Å². The molecule has 0 bridgehead atoms. The summed E-state index contributed by atoms with van der Waals surface area (Å²) in [6.45, 7) is 4.56. The standard InChI is InChI=1S/C16H27N3O4S/c1-11(2)13(17)8-9-19(4)16(20)12-6-7-14(23-5)15(10-12)24(21,22)18-3/h6-7,10-11,13,18H,8-9,17H2,1-5H3. The largest absolute Gasteiger partial charge is 0.495 e. The van der Waals surface area contributed by atoms with Crippen molar-refractivity contribution in [1.29, 1.82) is 0 Å². The van der Waals surface area contributed by atoms with E-state index < -0.39 is 10.0 Å². The summed E-state index contributed by atoms with van der Waals surface area (Å²) in [7, 11) is 0.635. The summed E-state index contributed by atoms with van der Waals surface area (Å²) in [4.78, 5) is 14.0. The third kappa shape index (κ3) is 4.93. The highest BCUT2D eigenvalue weighted by atomic mass is 32.2. The first-order valence-electron chi connectivity index (χ1n) is 7.76. The molecule has 0 aliphatic rings. The second kappa shape index (κ2) is 8.46. The molecule has 0 saturated heterocycles. The van der Waals surface area contributed by atoms with Crippen LogP contribution in [0.3, 0.4) is 0 Å². The van der Waals surface area contributed by atoms with Crippen molar-refractivity contribution < 1.29 is 17.9 Å². The fourth-order valence-electron chi connectivity index (χ4n) is 2.13. The zero-order valence-electron chi connectivity index (χ0n) is 14.9. The normalized spacial score (nSPS) is 13.0. The number of nitrogens with two attached hydrogens (primary N) is 1. The van der Waals surface area contributed by atoms with Crippen molar-refractivity contribution in [3.63, 3.8) is 0 Å². The van der Waals surface area contributed by atoms with Crippen LogP contribution in [0, 0.1) is 5.92 Å². The predicted octanol–water partition coefficient (Wildman–Crippen LogP) is 1.05. The molecular weight excluding hydrogens is 330 g/mol. The molecule has 136 valence electrons. The molecule has 0 aliphatic carbocycles. The number of nitrogens with zero attached hydrogens (tertiary/aromatic N) is 1. The van der Waals surface area contributed by atoms with E-state index in [0.29, 0.717) is 18.9 Å². The molecule has 0 fully saturated rings. The van der Waals surface area contributed by atoms with Crippen LogP contribution in [0.4, 0.5) is 0 Å². The number of carbonyl (C=O) groups excluding carboxylic acids is 1. The molecule has 1 atom stereocenters. The van der Waals surface area contributed by atoms with E-state index in [1.807, 2.05) is 13.8 Å². The number of amides is 1. The van der Waals surface area contributed by atoms with E-state index in [9.17, 15) is 13.2 Å².